The molecule has 1 aromatic heterocycles. The third-order valence-corrected chi connectivity index (χ3v) is 4.81. The van der Waals surface area contributed by atoms with E-state index in [4.69, 9.17) is 5.73 Å². The quantitative estimate of drug-likeness (QED) is 0.161. The molecular formula is C18H30N6O6S. The number of imidazole rings is 1. The van der Waals surface area contributed by atoms with Crippen molar-refractivity contribution in [3.8, 4) is 0 Å². The standard InChI is InChI=1S/C18H30N6O6S/c1-8(2)13(18(29)30)23-17(28)14(9(3)25)24-16(27)12(6-31)22-15(26)11(19)4-10-5-20-7-21-10/h5,7-9,11-14,25,31H,4,6,19H2,1-3H3,(H,20,21)(H,22,26)(H,23,28)(H,24,27)(H,29,30). The first-order chi connectivity index (χ1) is 14.5. The first kappa shape index (κ1) is 26.4. The van der Waals surface area contributed by atoms with Crippen LogP contribution in [0.15, 0.2) is 12.5 Å². The summed E-state index contributed by atoms with van der Waals surface area (Å²) in [6.45, 7) is 4.48. The lowest BCUT2D eigenvalue weighted by atomic mass is 10.0. The van der Waals surface area contributed by atoms with Crippen LogP contribution in [0.4, 0.5) is 0 Å². The Bertz CT molecular complexity index is 757. The molecule has 0 aliphatic rings. The number of amides is 3. The van der Waals surface area contributed by atoms with Gasteiger partial charge in [0, 0.05) is 24.1 Å². The fourth-order valence-corrected chi connectivity index (χ4v) is 2.87. The number of thiol groups is 1. The van der Waals surface area contributed by atoms with Gasteiger partial charge in [0.1, 0.15) is 18.1 Å². The molecule has 1 aromatic rings. The molecule has 5 unspecified atom stereocenters. The number of carboxylic acids is 1. The number of aliphatic hydroxyl groups is 1. The van der Waals surface area contributed by atoms with E-state index in [2.05, 4.69) is 38.5 Å². The summed E-state index contributed by atoms with van der Waals surface area (Å²) in [5.41, 5.74) is 6.48. The summed E-state index contributed by atoms with van der Waals surface area (Å²) in [4.78, 5) is 55.3. The molecule has 1 rings (SSSR count). The van der Waals surface area contributed by atoms with Gasteiger partial charge < -0.3 is 36.9 Å². The SMILES string of the molecule is CC(C)C(NC(=O)C(NC(=O)C(CS)NC(=O)C(N)Cc1cnc[nH]1)C(C)O)C(=O)O. The number of hydrogen-bond donors (Lipinski definition) is 8. The van der Waals surface area contributed by atoms with E-state index in [-0.39, 0.29) is 12.2 Å². The number of aromatic nitrogens is 2. The molecule has 31 heavy (non-hydrogen) atoms. The molecule has 0 bridgehead atoms. The summed E-state index contributed by atoms with van der Waals surface area (Å²) in [5.74, 6) is -4.04. The summed E-state index contributed by atoms with van der Waals surface area (Å²) in [6, 6.07) is -4.75. The van der Waals surface area contributed by atoms with Gasteiger partial charge in [-0.25, -0.2) is 9.78 Å². The third-order valence-electron chi connectivity index (χ3n) is 4.44. The maximum absolute atomic E-state index is 12.6. The first-order valence-corrected chi connectivity index (χ1v) is 10.3. The summed E-state index contributed by atoms with van der Waals surface area (Å²) in [6.07, 6.45) is 1.80. The van der Waals surface area contributed by atoms with Crippen LogP contribution in [0, 0.1) is 5.92 Å². The van der Waals surface area contributed by atoms with E-state index in [0.717, 1.165) is 0 Å². The van der Waals surface area contributed by atoms with Crippen molar-refractivity contribution in [2.24, 2.45) is 11.7 Å². The van der Waals surface area contributed by atoms with Crippen LogP contribution < -0.4 is 21.7 Å². The Morgan fingerprint density at radius 1 is 1.10 bits per heavy atom. The number of carboxylic acid groups (broad SMARTS) is 1. The molecule has 0 aliphatic carbocycles. The summed E-state index contributed by atoms with van der Waals surface area (Å²) in [5, 5.41) is 26.2. The number of aliphatic carboxylic acids is 1. The van der Waals surface area contributed by atoms with Crippen LogP contribution in [-0.2, 0) is 25.6 Å². The van der Waals surface area contributed by atoms with Crippen LogP contribution in [0.5, 0.6) is 0 Å². The molecule has 3 amide bonds. The number of carbonyl (C=O) groups is 4. The Labute approximate surface area is 185 Å². The van der Waals surface area contributed by atoms with Crippen LogP contribution in [0.2, 0.25) is 0 Å². The number of nitrogens with two attached hydrogens (primary N) is 1. The zero-order valence-electron chi connectivity index (χ0n) is 17.5. The highest BCUT2D eigenvalue weighted by atomic mass is 32.1. The van der Waals surface area contributed by atoms with Crippen LogP contribution >= 0.6 is 12.6 Å². The second-order valence-electron chi connectivity index (χ2n) is 7.43. The normalized spacial score (nSPS) is 16.0. The molecule has 0 saturated carbocycles. The number of aromatic amines is 1. The highest BCUT2D eigenvalue weighted by Crippen LogP contribution is 2.04. The monoisotopic (exact) mass is 458 g/mol. The highest BCUT2D eigenvalue weighted by molar-refractivity contribution is 7.80. The van der Waals surface area contributed by atoms with Gasteiger partial charge in [-0.15, -0.1) is 0 Å². The first-order valence-electron chi connectivity index (χ1n) is 9.63. The summed E-state index contributed by atoms with van der Waals surface area (Å²) >= 11 is 4.05. The second kappa shape index (κ2) is 12.3. The van der Waals surface area contributed by atoms with Gasteiger partial charge >= 0.3 is 5.97 Å². The van der Waals surface area contributed by atoms with E-state index in [1.165, 1.54) is 19.4 Å². The zero-order chi connectivity index (χ0) is 23.7. The second-order valence-corrected chi connectivity index (χ2v) is 7.79. The predicted molar refractivity (Wildman–Crippen MR) is 114 cm³/mol. The smallest absolute Gasteiger partial charge is 0.326 e. The summed E-state index contributed by atoms with van der Waals surface area (Å²) < 4.78 is 0. The van der Waals surface area contributed by atoms with Crippen molar-refractivity contribution in [1.29, 1.82) is 0 Å². The highest BCUT2D eigenvalue weighted by Gasteiger charge is 2.33. The van der Waals surface area contributed by atoms with Crippen LogP contribution in [0.25, 0.3) is 0 Å². The van der Waals surface area contributed by atoms with Gasteiger partial charge in [-0.1, -0.05) is 13.8 Å². The fraction of sp³-hybridized carbons (Fsp3) is 0.611. The molecule has 13 heteroatoms. The van der Waals surface area contributed by atoms with Gasteiger partial charge in [-0.3, -0.25) is 14.4 Å². The molecule has 0 radical (unpaired) electrons. The number of aliphatic hydroxyl groups excluding tert-OH is 1. The lowest BCUT2D eigenvalue weighted by Crippen LogP contribution is -2.60. The van der Waals surface area contributed by atoms with Gasteiger partial charge in [-0.2, -0.15) is 12.6 Å². The van der Waals surface area contributed by atoms with Crippen LogP contribution in [0.1, 0.15) is 26.5 Å². The third kappa shape index (κ3) is 8.19. The average molecular weight is 459 g/mol. The van der Waals surface area contributed by atoms with E-state index in [9.17, 15) is 29.4 Å². The minimum atomic E-state index is -1.44. The predicted octanol–water partition coefficient (Wildman–Crippen LogP) is -2.21. The molecule has 12 nitrogen and oxygen atoms in total. The van der Waals surface area contributed by atoms with Crippen molar-refractivity contribution in [1.82, 2.24) is 25.9 Å². The van der Waals surface area contributed by atoms with Crippen molar-refractivity contribution in [2.75, 3.05) is 5.75 Å². The Morgan fingerprint density at radius 3 is 2.16 bits per heavy atom. The minimum Gasteiger partial charge on any atom is -0.480 e. The molecule has 5 atom stereocenters. The zero-order valence-corrected chi connectivity index (χ0v) is 18.4. The van der Waals surface area contributed by atoms with Gasteiger partial charge in [0.05, 0.1) is 18.5 Å². The van der Waals surface area contributed by atoms with Crippen molar-refractivity contribution in [2.45, 2.75) is 57.5 Å². The van der Waals surface area contributed by atoms with Crippen molar-refractivity contribution in [3.63, 3.8) is 0 Å². The lowest BCUT2D eigenvalue weighted by molar-refractivity contribution is -0.144. The molecule has 8 N–H and O–H groups in total. The van der Waals surface area contributed by atoms with Crippen molar-refractivity contribution in [3.05, 3.63) is 18.2 Å². The Kier molecular flexibility index (Phi) is 10.4. The van der Waals surface area contributed by atoms with E-state index in [1.54, 1.807) is 13.8 Å². The number of nitrogens with zero attached hydrogens (tertiary/aromatic N) is 1. The molecule has 0 saturated heterocycles. The molecule has 0 fully saturated rings. The summed E-state index contributed by atoms with van der Waals surface area (Å²) in [7, 11) is 0. The van der Waals surface area contributed by atoms with Gasteiger partial charge in [0.2, 0.25) is 17.7 Å². The number of nitrogens with one attached hydrogen (secondary N) is 4. The van der Waals surface area contributed by atoms with Crippen molar-refractivity contribution >= 4 is 36.3 Å². The topological polar surface area (TPSA) is 200 Å². The van der Waals surface area contributed by atoms with Gasteiger partial charge in [0.25, 0.3) is 0 Å². The van der Waals surface area contributed by atoms with Crippen LogP contribution in [-0.4, -0.2) is 79.9 Å². The number of H-pyrrole nitrogens is 1. The van der Waals surface area contributed by atoms with Crippen molar-refractivity contribution < 1.29 is 29.4 Å². The fourth-order valence-electron chi connectivity index (χ4n) is 2.61. The average Bonchev–Trinajstić information content (AvgIpc) is 3.19. The maximum Gasteiger partial charge on any atom is 0.326 e. The Hall–Kier alpha value is -2.64. The van der Waals surface area contributed by atoms with E-state index in [1.807, 2.05) is 0 Å². The number of carbonyl (C=O) groups excluding carboxylic acids is 3. The minimum absolute atomic E-state index is 0.105. The Morgan fingerprint density at radius 2 is 1.71 bits per heavy atom. The van der Waals surface area contributed by atoms with Gasteiger partial charge in [0.15, 0.2) is 0 Å². The van der Waals surface area contributed by atoms with Crippen LogP contribution in [0.3, 0.4) is 0 Å². The number of hydrogen-bond acceptors (Lipinski definition) is 8. The van der Waals surface area contributed by atoms with Gasteiger partial charge in [-0.05, 0) is 12.8 Å². The lowest BCUT2D eigenvalue weighted by Gasteiger charge is -2.26. The van der Waals surface area contributed by atoms with E-state index in [0.29, 0.717) is 5.69 Å². The van der Waals surface area contributed by atoms with E-state index < -0.39 is 59.9 Å². The molecule has 174 valence electrons. The van der Waals surface area contributed by atoms with E-state index >= 15 is 0 Å². The number of rotatable bonds is 12. The molecule has 0 aliphatic heterocycles. The maximum atomic E-state index is 12.6. The molecule has 0 aromatic carbocycles. The molecule has 0 spiro atoms. The molecular weight excluding hydrogens is 428 g/mol. The molecule has 1 heterocycles. The largest absolute Gasteiger partial charge is 0.480 e. The Balaban J connectivity index is 2.78.